The highest BCUT2D eigenvalue weighted by Gasteiger charge is 2.68. The van der Waals surface area contributed by atoms with Crippen LogP contribution < -0.4 is 9.80 Å². The third-order valence-electron chi connectivity index (χ3n) is 11.8. The molecular formula is C43H35N3O6. The standard InChI is InChI=1S/C43H35N3O6/c1-3-10-24-11-9-14-30(37(24)47)36-28-21-22-29-35(31(28)23-32-40(49)46(42(51)43(32,36)2)26-12-5-4-6-13-26)41(50)45(39(29)48)27-19-17-25(18-20-27)38-44-33-15-7-8-16-34(33)52-38/h3-9,11-21,29,31-32,35-36,47H,1,10,22-23H2,2H3/t29-,31+,32-,35-,36+,43+/m0/s1. The van der Waals surface area contributed by atoms with E-state index >= 15 is 0 Å². The summed E-state index contributed by atoms with van der Waals surface area (Å²) in [6, 6.07) is 28.8. The maximum Gasteiger partial charge on any atom is 0.241 e. The van der Waals surface area contributed by atoms with Crippen molar-refractivity contribution in [3.63, 3.8) is 0 Å². The SMILES string of the molecule is C=CCc1cccc([C@H]2C3=CC[C@@H]4C(=O)N(c5ccc(-c6nc7ccccc7o6)cc5)C(=O)[C@@H]4[C@@H]3C[C@H]3C(=O)N(c4ccccc4)C(=O)[C@@]23C)c1O. The fourth-order valence-electron chi connectivity index (χ4n) is 9.35. The molecule has 52 heavy (non-hydrogen) atoms. The number of nitrogens with zero attached hydrogens (tertiary/aromatic N) is 3. The van der Waals surface area contributed by atoms with Crippen LogP contribution >= 0.6 is 0 Å². The van der Waals surface area contributed by atoms with Crippen LogP contribution in [-0.4, -0.2) is 33.7 Å². The summed E-state index contributed by atoms with van der Waals surface area (Å²) in [6.07, 6.45) is 4.63. The molecule has 3 fully saturated rings. The third kappa shape index (κ3) is 4.44. The van der Waals surface area contributed by atoms with Gasteiger partial charge in [0.2, 0.25) is 29.5 Å². The Morgan fingerprint density at radius 3 is 2.33 bits per heavy atom. The van der Waals surface area contributed by atoms with E-state index in [1.54, 1.807) is 60.7 Å². The Labute approximate surface area is 299 Å². The van der Waals surface area contributed by atoms with Gasteiger partial charge in [0.15, 0.2) is 5.58 Å². The summed E-state index contributed by atoms with van der Waals surface area (Å²) >= 11 is 0. The number of rotatable bonds is 6. The van der Waals surface area contributed by atoms with E-state index in [4.69, 9.17) is 4.42 Å². The second-order valence-electron chi connectivity index (χ2n) is 14.4. The molecule has 2 saturated heterocycles. The van der Waals surface area contributed by atoms with Crippen LogP contribution in [0.5, 0.6) is 5.75 Å². The number of para-hydroxylation sites is 4. The molecule has 4 amide bonds. The van der Waals surface area contributed by atoms with Gasteiger partial charge in [-0.2, -0.15) is 0 Å². The average Bonchev–Trinajstić information content (AvgIpc) is 3.77. The second-order valence-corrected chi connectivity index (χ2v) is 14.4. The number of aromatic nitrogens is 1. The normalized spacial score (nSPS) is 26.7. The lowest BCUT2D eigenvalue weighted by atomic mass is 9.51. The minimum atomic E-state index is -1.25. The predicted octanol–water partition coefficient (Wildman–Crippen LogP) is 7.36. The monoisotopic (exact) mass is 689 g/mol. The van der Waals surface area contributed by atoms with Crippen LogP contribution in [0.3, 0.4) is 0 Å². The molecule has 1 aromatic heterocycles. The zero-order valence-electron chi connectivity index (χ0n) is 28.4. The van der Waals surface area contributed by atoms with Crippen molar-refractivity contribution in [3.05, 3.63) is 132 Å². The maximum atomic E-state index is 14.7. The van der Waals surface area contributed by atoms with E-state index in [-0.39, 0.29) is 35.8 Å². The molecule has 1 saturated carbocycles. The molecule has 9 heteroatoms. The van der Waals surface area contributed by atoms with Crippen molar-refractivity contribution in [1.82, 2.24) is 4.98 Å². The van der Waals surface area contributed by atoms with Crippen molar-refractivity contribution in [2.75, 3.05) is 9.80 Å². The number of carbonyl (C=O) groups is 4. The quantitative estimate of drug-likeness (QED) is 0.146. The van der Waals surface area contributed by atoms with Crippen molar-refractivity contribution >= 4 is 46.1 Å². The fraction of sp³-hybridized carbons (Fsp3) is 0.233. The molecule has 4 aromatic carbocycles. The first kappa shape index (κ1) is 31.9. The number of benzene rings is 4. The number of imide groups is 2. The summed E-state index contributed by atoms with van der Waals surface area (Å²) < 4.78 is 5.93. The molecule has 0 unspecified atom stereocenters. The fourth-order valence-corrected chi connectivity index (χ4v) is 9.35. The summed E-state index contributed by atoms with van der Waals surface area (Å²) in [6.45, 7) is 5.66. The number of fused-ring (bicyclic) bond motifs is 5. The van der Waals surface area contributed by atoms with Crippen molar-refractivity contribution in [3.8, 4) is 17.2 Å². The van der Waals surface area contributed by atoms with Crippen LogP contribution in [0.4, 0.5) is 11.4 Å². The van der Waals surface area contributed by atoms with E-state index in [0.29, 0.717) is 52.4 Å². The number of amides is 4. The summed E-state index contributed by atoms with van der Waals surface area (Å²) in [5.41, 5.74) is 3.77. The molecule has 9 nitrogen and oxygen atoms in total. The zero-order valence-corrected chi connectivity index (χ0v) is 28.4. The smallest absolute Gasteiger partial charge is 0.241 e. The lowest BCUT2D eigenvalue weighted by Crippen LogP contribution is -2.49. The number of anilines is 2. The minimum Gasteiger partial charge on any atom is -0.507 e. The molecule has 1 N–H and O–H groups in total. The molecular weight excluding hydrogens is 654 g/mol. The highest BCUT2D eigenvalue weighted by atomic mass is 16.3. The second kappa shape index (κ2) is 11.7. The van der Waals surface area contributed by atoms with E-state index in [9.17, 15) is 24.3 Å². The third-order valence-corrected chi connectivity index (χ3v) is 11.8. The summed E-state index contributed by atoms with van der Waals surface area (Å²) in [7, 11) is 0. The van der Waals surface area contributed by atoms with Crippen LogP contribution in [0.15, 0.2) is 126 Å². The average molecular weight is 690 g/mol. The molecule has 4 aliphatic rings. The zero-order chi connectivity index (χ0) is 35.9. The molecule has 0 bridgehead atoms. The van der Waals surface area contributed by atoms with Crippen molar-refractivity contribution in [2.24, 2.45) is 29.1 Å². The topological polar surface area (TPSA) is 121 Å². The first-order valence-electron chi connectivity index (χ1n) is 17.6. The molecule has 258 valence electrons. The minimum absolute atomic E-state index is 0.0453. The van der Waals surface area contributed by atoms with Crippen LogP contribution in [0.1, 0.15) is 36.8 Å². The van der Waals surface area contributed by atoms with Gasteiger partial charge in [0.1, 0.15) is 11.3 Å². The number of hydrogen-bond donors (Lipinski definition) is 1. The van der Waals surface area contributed by atoms with Gasteiger partial charge in [0, 0.05) is 17.0 Å². The van der Waals surface area contributed by atoms with Gasteiger partial charge in [-0.05, 0) is 86.2 Å². The maximum absolute atomic E-state index is 14.7. The van der Waals surface area contributed by atoms with Crippen molar-refractivity contribution in [1.29, 1.82) is 0 Å². The molecule has 5 aromatic rings. The molecule has 0 spiro atoms. The van der Waals surface area contributed by atoms with Gasteiger partial charge in [-0.1, -0.05) is 66.3 Å². The summed E-state index contributed by atoms with van der Waals surface area (Å²) in [4.78, 5) is 64.9. The van der Waals surface area contributed by atoms with Gasteiger partial charge in [0.05, 0.1) is 34.5 Å². The van der Waals surface area contributed by atoms with E-state index in [0.717, 1.165) is 11.1 Å². The lowest BCUT2D eigenvalue weighted by Gasteiger charge is -2.49. The van der Waals surface area contributed by atoms with Gasteiger partial charge in [-0.15, -0.1) is 6.58 Å². The van der Waals surface area contributed by atoms with E-state index in [2.05, 4.69) is 11.6 Å². The Kier molecular flexibility index (Phi) is 7.19. The number of aromatic hydroxyl groups is 1. The van der Waals surface area contributed by atoms with Gasteiger partial charge in [-0.3, -0.25) is 24.1 Å². The number of hydrogen-bond acceptors (Lipinski definition) is 7. The van der Waals surface area contributed by atoms with E-state index in [1.165, 1.54) is 9.80 Å². The number of allylic oxidation sites excluding steroid dienone is 3. The van der Waals surface area contributed by atoms with Gasteiger partial charge in [-0.25, -0.2) is 9.88 Å². The Morgan fingerprint density at radius 2 is 1.58 bits per heavy atom. The Bertz CT molecular complexity index is 2330. The number of carbonyl (C=O) groups excluding carboxylic acids is 4. The van der Waals surface area contributed by atoms with Gasteiger partial charge in [0.25, 0.3) is 0 Å². The number of phenolic OH excluding ortho intramolecular Hbond substituents is 1. The van der Waals surface area contributed by atoms with Crippen molar-refractivity contribution in [2.45, 2.75) is 32.1 Å². The van der Waals surface area contributed by atoms with Crippen LogP contribution in [0.25, 0.3) is 22.6 Å². The number of phenols is 1. The number of oxazole rings is 1. The Morgan fingerprint density at radius 1 is 0.846 bits per heavy atom. The summed E-state index contributed by atoms with van der Waals surface area (Å²) in [5, 5.41) is 11.7. The highest BCUT2D eigenvalue weighted by molar-refractivity contribution is 6.25. The molecule has 2 aliphatic carbocycles. The highest BCUT2D eigenvalue weighted by Crippen LogP contribution is 2.64. The first-order chi connectivity index (χ1) is 25.2. The first-order valence-corrected chi connectivity index (χ1v) is 17.6. The summed E-state index contributed by atoms with van der Waals surface area (Å²) in [5.74, 6) is -4.18. The van der Waals surface area contributed by atoms with Crippen LogP contribution in [0.2, 0.25) is 0 Å². The lowest BCUT2D eigenvalue weighted by molar-refractivity contribution is -0.131. The molecule has 9 rings (SSSR count). The van der Waals surface area contributed by atoms with Gasteiger partial charge < -0.3 is 9.52 Å². The largest absolute Gasteiger partial charge is 0.507 e. The predicted molar refractivity (Wildman–Crippen MR) is 195 cm³/mol. The molecule has 6 atom stereocenters. The Balaban J connectivity index is 1.11. The van der Waals surface area contributed by atoms with Crippen molar-refractivity contribution < 1.29 is 28.7 Å². The molecule has 2 aliphatic heterocycles. The van der Waals surface area contributed by atoms with Crippen LogP contribution in [-0.2, 0) is 25.6 Å². The van der Waals surface area contributed by atoms with Gasteiger partial charge >= 0.3 is 0 Å². The van der Waals surface area contributed by atoms with E-state index < -0.39 is 35.0 Å². The molecule has 3 heterocycles. The molecule has 0 radical (unpaired) electrons. The Hall–Kier alpha value is -6.09. The van der Waals surface area contributed by atoms with Crippen LogP contribution in [0, 0.1) is 29.1 Å². The van der Waals surface area contributed by atoms with E-state index in [1.807, 2.05) is 55.5 Å².